The molecule has 0 aliphatic carbocycles. The molecule has 0 heterocycles. The minimum atomic E-state index is -4.54. The number of hydrogen-bond donors (Lipinski definition) is 2. The number of benzene rings is 1. The van der Waals surface area contributed by atoms with Crippen molar-refractivity contribution in [1.82, 2.24) is 0 Å². The molecule has 1 rings (SSSR count). The summed E-state index contributed by atoms with van der Waals surface area (Å²) in [5.74, 6) is 0. The molecule has 1 aromatic rings. The van der Waals surface area contributed by atoms with Crippen molar-refractivity contribution in [2.75, 3.05) is 6.35 Å². The quantitative estimate of drug-likeness (QED) is 0.637. The van der Waals surface area contributed by atoms with Crippen LogP contribution in [0.3, 0.4) is 0 Å². The van der Waals surface area contributed by atoms with Crippen molar-refractivity contribution in [3.05, 3.63) is 29.3 Å². The molecule has 0 unspecified atom stereocenters. The summed E-state index contributed by atoms with van der Waals surface area (Å²) in [5.41, 5.74) is 0. The van der Waals surface area contributed by atoms with Gasteiger partial charge in [-0.2, -0.15) is 8.42 Å². The lowest BCUT2D eigenvalue weighted by Gasteiger charge is -2.07. The summed E-state index contributed by atoms with van der Waals surface area (Å²) >= 11 is 5.61. The maximum absolute atomic E-state index is 11.4. The van der Waals surface area contributed by atoms with Gasteiger partial charge in [0.25, 0.3) is 10.1 Å². The average Bonchev–Trinajstić information content (AvgIpc) is 2.14. The maximum atomic E-state index is 11.4. The summed E-state index contributed by atoms with van der Waals surface area (Å²) < 4.78 is 37.6. The van der Waals surface area contributed by atoms with Crippen LogP contribution in [0.5, 0.6) is 0 Å². The lowest BCUT2D eigenvalue weighted by Crippen LogP contribution is -2.08. The van der Waals surface area contributed by atoms with Crippen molar-refractivity contribution in [1.29, 1.82) is 0 Å². The molecule has 0 fully saturated rings. The molecular weight excluding hydrogens is 279 g/mol. The fourth-order valence-corrected chi connectivity index (χ4v) is 3.05. The van der Waals surface area contributed by atoms with Gasteiger partial charge >= 0.3 is 7.60 Å². The second-order valence-electron chi connectivity index (χ2n) is 2.80. The molecule has 16 heavy (non-hydrogen) atoms. The van der Waals surface area contributed by atoms with Crippen molar-refractivity contribution < 1.29 is 27.0 Å². The summed E-state index contributed by atoms with van der Waals surface area (Å²) in [6.07, 6.45) is -1.21. The molecule has 0 radical (unpaired) electrons. The van der Waals surface area contributed by atoms with E-state index in [2.05, 4.69) is 4.18 Å². The van der Waals surface area contributed by atoms with Gasteiger partial charge in [-0.25, -0.2) is 0 Å². The van der Waals surface area contributed by atoms with Crippen LogP contribution in [0.4, 0.5) is 0 Å². The van der Waals surface area contributed by atoms with Crippen LogP contribution in [-0.2, 0) is 18.9 Å². The van der Waals surface area contributed by atoms with Crippen molar-refractivity contribution in [3.63, 3.8) is 0 Å². The van der Waals surface area contributed by atoms with Crippen LogP contribution in [0, 0.1) is 0 Å². The Kier molecular flexibility index (Phi) is 4.12. The molecule has 90 valence electrons. The van der Waals surface area contributed by atoms with E-state index in [1.165, 1.54) is 24.3 Å². The average molecular weight is 287 g/mol. The van der Waals surface area contributed by atoms with E-state index in [1.807, 2.05) is 0 Å². The van der Waals surface area contributed by atoms with E-state index in [0.29, 0.717) is 0 Å². The molecule has 0 aliphatic heterocycles. The van der Waals surface area contributed by atoms with Crippen molar-refractivity contribution in [3.8, 4) is 0 Å². The molecule has 0 aliphatic rings. The first-order chi connectivity index (χ1) is 7.22. The molecule has 0 bridgehead atoms. The summed E-state index contributed by atoms with van der Waals surface area (Å²) in [5, 5.41) is -0.0757. The van der Waals surface area contributed by atoms with Gasteiger partial charge in [0.1, 0.15) is 4.90 Å². The smallest absolute Gasteiger partial charge is 0.323 e. The van der Waals surface area contributed by atoms with E-state index in [4.69, 9.17) is 21.4 Å². The van der Waals surface area contributed by atoms with Crippen LogP contribution < -0.4 is 0 Å². The van der Waals surface area contributed by atoms with Gasteiger partial charge in [0.05, 0.1) is 5.02 Å². The molecule has 0 atom stereocenters. The largest absolute Gasteiger partial charge is 0.352 e. The third-order valence-electron chi connectivity index (χ3n) is 1.48. The zero-order valence-electron chi connectivity index (χ0n) is 7.78. The van der Waals surface area contributed by atoms with Gasteiger partial charge in [-0.05, 0) is 12.1 Å². The Labute approximate surface area is 97.1 Å². The highest BCUT2D eigenvalue weighted by Gasteiger charge is 2.23. The predicted molar refractivity (Wildman–Crippen MR) is 56.6 cm³/mol. The van der Waals surface area contributed by atoms with E-state index in [0.717, 1.165) is 0 Å². The van der Waals surface area contributed by atoms with Gasteiger partial charge in [0.2, 0.25) is 0 Å². The van der Waals surface area contributed by atoms with E-state index >= 15 is 0 Å². The first kappa shape index (κ1) is 13.6. The first-order valence-corrected chi connectivity index (χ1v) is 7.49. The Balaban J connectivity index is 2.96. The van der Waals surface area contributed by atoms with Gasteiger partial charge in [0.15, 0.2) is 6.35 Å². The minimum absolute atomic E-state index is 0.0757. The maximum Gasteiger partial charge on any atom is 0.352 e. The van der Waals surface area contributed by atoms with Gasteiger partial charge in [0, 0.05) is 0 Å². The lowest BCUT2D eigenvalue weighted by molar-refractivity contribution is 0.301. The van der Waals surface area contributed by atoms with Crippen LogP contribution in [-0.4, -0.2) is 24.6 Å². The molecule has 6 nitrogen and oxygen atoms in total. The van der Waals surface area contributed by atoms with Crippen LogP contribution in [0.25, 0.3) is 0 Å². The molecule has 0 amide bonds. The summed E-state index contributed by atoms with van der Waals surface area (Å²) in [6.45, 7) is 0. The number of halogens is 1. The fourth-order valence-electron chi connectivity index (χ4n) is 0.849. The lowest BCUT2D eigenvalue weighted by atomic mass is 10.4. The monoisotopic (exact) mass is 286 g/mol. The van der Waals surface area contributed by atoms with Crippen LogP contribution >= 0.6 is 19.2 Å². The number of rotatable bonds is 4. The highest BCUT2D eigenvalue weighted by atomic mass is 35.5. The zero-order chi connectivity index (χ0) is 12.4. The van der Waals surface area contributed by atoms with Gasteiger partial charge in [-0.15, -0.1) is 0 Å². The topological polar surface area (TPSA) is 101 Å². The van der Waals surface area contributed by atoms with E-state index in [1.54, 1.807) is 0 Å². The van der Waals surface area contributed by atoms with E-state index in [-0.39, 0.29) is 9.92 Å². The Morgan fingerprint density at radius 2 is 1.88 bits per heavy atom. The van der Waals surface area contributed by atoms with Crippen LogP contribution in [0.1, 0.15) is 0 Å². The fraction of sp³-hybridized carbons (Fsp3) is 0.143. The van der Waals surface area contributed by atoms with Gasteiger partial charge in [-0.1, -0.05) is 23.7 Å². The van der Waals surface area contributed by atoms with Crippen molar-refractivity contribution in [2.45, 2.75) is 4.90 Å². The molecular formula is C7H8ClO6PS. The molecule has 9 heteroatoms. The third kappa shape index (κ3) is 3.86. The predicted octanol–water partition coefficient (Wildman–Crippen LogP) is 1.18. The van der Waals surface area contributed by atoms with Crippen molar-refractivity contribution >= 4 is 29.3 Å². The molecule has 1 aromatic carbocycles. The Morgan fingerprint density at radius 1 is 1.31 bits per heavy atom. The van der Waals surface area contributed by atoms with Gasteiger partial charge in [-0.3, -0.25) is 8.75 Å². The molecule has 0 saturated carbocycles. The Hall–Kier alpha value is -0.430. The molecule has 2 N–H and O–H groups in total. The normalized spacial score (nSPS) is 12.7. The Morgan fingerprint density at radius 3 is 2.38 bits per heavy atom. The second kappa shape index (κ2) is 4.83. The summed E-state index contributed by atoms with van der Waals surface area (Å²) in [4.78, 5) is 16.6. The highest BCUT2D eigenvalue weighted by molar-refractivity contribution is 7.87. The standard InChI is InChI=1S/C7H8ClO6PS/c8-6-3-1-2-4-7(6)16(12,13)14-5-15(9,10)11/h1-4H,5H2,(H2,9,10,11). The SMILES string of the molecule is O=P(O)(O)COS(=O)(=O)c1ccccc1Cl. The van der Waals surface area contributed by atoms with E-state index < -0.39 is 24.1 Å². The molecule has 0 aromatic heterocycles. The van der Waals surface area contributed by atoms with Crippen LogP contribution in [0.15, 0.2) is 29.2 Å². The first-order valence-electron chi connectivity index (χ1n) is 3.91. The molecule has 0 spiro atoms. The third-order valence-corrected chi connectivity index (χ3v) is 3.89. The van der Waals surface area contributed by atoms with Crippen LogP contribution in [0.2, 0.25) is 5.02 Å². The number of hydrogen-bond acceptors (Lipinski definition) is 4. The van der Waals surface area contributed by atoms with Crippen molar-refractivity contribution in [2.24, 2.45) is 0 Å². The second-order valence-corrected chi connectivity index (χ2v) is 6.37. The highest BCUT2D eigenvalue weighted by Crippen LogP contribution is 2.36. The van der Waals surface area contributed by atoms with E-state index in [9.17, 15) is 13.0 Å². The zero-order valence-corrected chi connectivity index (χ0v) is 10.2. The Bertz CT molecular complexity index is 521. The summed E-state index contributed by atoms with van der Waals surface area (Å²) in [6, 6.07) is 5.44. The van der Waals surface area contributed by atoms with Gasteiger partial charge < -0.3 is 9.79 Å². The minimum Gasteiger partial charge on any atom is -0.323 e. The summed E-state index contributed by atoms with van der Waals surface area (Å²) in [7, 11) is -8.79. The molecule has 0 saturated heterocycles.